The van der Waals surface area contributed by atoms with Crippen LogP contribution in [0.5, 0.6) is 0 Å². The number of nitrogens with zero attached hydrogens (tertiary/aromatic N) is 1. The Kier molecular flexibility index (Phi) is 4.35. The zero-order valence-electron chi connectivity index (χ0n) is 11.6. The summed E-state index contributed by atoms with van der Waals surface area (Å²) in [6, 6.07) is 16.0. The summed E-state index contributed by atoms with van der Waals surface area (Å²) in [5.41, 5.74) is 2.53. The van der Waals surface area contributed by atoms with Gasteiger partial charge in [-0.05, 0) is 36.6 Å². The molecular formula is C16H17NO2S. The third-order valence-corrected chi connectivity index (χ3v) is 4.46. The van der Waals surface area contributed by atoms with Crippen LogP contribution in [0.4, 0.5) is 0 Å². The molecule has 0 atom stereocenters. The lowest BCUT2D eigenvalue weighted by molar-refractivity contribution is 0.598. The Morgan fingerprint density at radius 1 is 1.00 bits per heavy atom. The molecular weight excluding hydrogens is 270 g/mol. The summed E-state index contributed by atoms with van der Waals surface area (Å²) in [6.07, 6.45) is 0.957. The van der Waals surface area contributed by atoms with Crippen molar-refractivity contribution < 1.29 is 8.42 Å². The molecule has 0 saturated heterocycles. The second kappa shape index (κ2) is 6.01. The van der Waals surface area contributed by atoms with E-state index < -0.39 is 10.0 Å². The van der Waals surface area contributed by atoms with E-state index in [2.05, 4.69) is 11.3 Å². The molecule has 104 valence electrons. The van der Waals surface area contributed by atoms with Crippen molar-refractivity contribution in [2.45, 2.75) is 25.2 Å². The number of hydrogen-bond donors (Lipinski definition) is 0. The fourth-order valence-corrected chi connectivity index (χ4v) is 2.93. The summed E-state index contributed by atoms with van der Waals surface area (Å²) in [4.78, 5) is 0.213. The quantitative estimate of drug-likeness (QED) is 0.809. The predicted octanol–water partition coefficient (Wildman–Crippen LogP) is 3.45. The summed E-state index contributed by atoms with van der Waals surface area (Å²) in [5.74, 6) is 0. The molecule has 2 rings (SSSR count). The molecule has 0 fully saturated rings. The van der Waals surface area contributed by atoms with E-state index in [9.17, 15) is 8.42 Å². The van der Waals surface area contributed by atoms with Crippen molar-refractivity contribution in [3.05, 3.63) is 65.7 Å². The Labute approximate surface area is 120 Å². The van der Waals surface area contributed by atoms with E-state index in [1.807, 2.05) is 24.3 Å². The molecule has 0 spiro atoms. The molecule has 0 radical (unpaired) electrons. The van der Waals surface area contributed by atoms with E-state index in [0.29, 0.717) is 5.71 Å². The third kappa shape index (κ3) is 3.33. The Bertz CT molecular complexity index is 702. The first-order chi connectivity index (χ1) is 9.53. The number of rotatable bonds is 4. The van der Waals surface area contributed by atoms with Gasteiger partial charge in [-0.3, -0.25) is 0 Å². The van der Waals surface area contributed by atoms with Gasteiger partial charge < -0.3 is 0 Å². The first-order valence-corrected chi connectivity index (χ1v) is 7.93. The zero-order valence-corrected chi connectivity index (χ0v) is 12.4. The van der Waals surface area contributed by atoms with Gasteiger partial charge in [0.05, 0.1) is 10.6 Å². The van der Waals surface area contributed by atoms with Crippen molar-refractivity contribution in [2.75, 3.05) is 0 Å². The van der Waals surface area contributed by atoms with E-state index in [1.54, 1.807) is 37.3 Å². The minimum Gasteiger partial charge on any atom is -0.199 e. The van der Waals surface area contributed by atoms with Crippen molar-refractivity contribution >= 4 is 15.7 Å². The average Bonchev–Trinajstić information content (AvgIpc) is 2.48. The lowest BCUT2D eigenvalue weighted by Crippen LogP contribution is -2.03. The largest absolute Gasteiger partial charge is 0.282 e. The topological polar surface area (TPSA) is 46.5 Å². The van der Waals surface area contributed by atoms with Crippen molar-refractivity contribution in [2.24, 2.45) is 4.40 Å². The van der Waals surface area contributed by atoms with Gasteiger partial charge in [0.1, 0.15) is 0 Å². The van der Waals surface area contributed by atoms with Gasteiger partial charge in [0.15, 0.2) is 0 Å². The molecule has 2 aromatic rings. The second-order valence-electron chi connectivity index (χ2n) is 4.52. The first-order valence-electron chi connectivity index (χ1n) is 6.49. The van der Waals surface area contributed by atoms with E-state index >= 15 is 0 Å². The number of benzene rings is 2. The van der Waals surface area contributed by atoms with Gasteiger partial charge in [0.25, 0.3) is 10.0 Å². The van der Waals surface area contributed by atoms with Crippen molar-refractivity contribution in [3.8, 4) is 0 Å². The summed E-state index contributed by atoms with van der Waals surface area (Å²) in [6.45, 7) is 3.79. The summed E-state index contributed by atoms with van der Waals surface area (Å²) >= 11 is 0. The maximum atomic E-state index is 12.2. The highest BCUT2D eigenvalue weighted by atomic mass is 32.2. The van der Waals surface area contributed by atoms with Crippen LogP contribution in [-0.2, 0) is 16.4 Å². The second-order valence-corrected chi connectivity index (χ2v) is 6.12. The Hall–Kier alpha value is -1.94. The highest BCUT2D eigenvalue weighted by Gasteiger charge is 2.12. The lowest BCUT2D eigenvalue weighted by Gasteiger charge is -2.04. The molecule has 0 bridgehead atoms. The molecule has 4 heteroatoms. The van der Waals surface area contributed by atoms with Crippen molar-refractivity contribution in [1.29, 1.82) is 0 Å². The fourth-order valence-electron chi connectivity index (χ4n) is 1.86. The lowest BCUT2D eigenvalue weighted by atomic mass is 10.1. The molecule has 0 aliphatic heterocycles. The van der Waals surface area contributed by atoms with Crippen LogP contribution in [0.15, 0.2) is 63.9 Å². The average molecular weight is 287 g/mol. The van der Waals surface area contributed by atoms with Crippen LogP contribution >= 0.6 is 0 Å². The third-order valence-electron chi connectivity index (χ3n) is 3.08. The van der Waals surface area contributed by atoms with Crippen molar-refractivity contribution in [1.82, 2.24) is 0 Å². The Balaban J connectivity index is 2.34. The highest BCUT2D eigenvalue weighted by molar-refractivity contribution is 7.90. The van der Waals surface area contributed by atoms with Gasteiger partial charge in [0.2, 0.25) is 0 Å². The van der Waals surface area contributed by atoms with Gasteiger partial charge in [-0.25, -0.2) is 0 Å². The van der Waals surface area contributed by atoms with Crippen LogP contribution in [0.25, 0.3) is 0 Å². The van der Waals surface area contributed by atoms with Crippen LogP contribution in [0.3, 0.4) is 0 Å². The predicted molar refractivity (Wildman–Crippen MR) is 81.7 cm³/mol. The Morgan fingerprint density at radius 3 is 2.15 bits per heavy atom. The van der Waals surface area contributed by atoms with E-state index in [1.165, 1.54) is 5.56 Å². The van der Waals surface area contributed by atoms with Gasteiger partial charge in [-0.1, -0.05) is 49.4 Å². The van der Waals surface area contributed by atoms with E-state index in [-0.39, 0.29) is 4.90 Å². The normalized spacial score (nSPS) is 12.4. The summed E-state index contributed by atoms with van der Waals surface area (Å²) < 4.78 is 28.2. The minimum absolute atomic E-state index is 0.213. The molecule has 0 amide bonds. The number of aryl methyl sites for hydroxylation is 1. The van der Waals surface area contributed by atoms with E-state index in [0.717, 1.165) is 12.0 Å². The first kappa shape index (κ1) is 14.5. The SMILES string of the molecule is CCc1ccc(C(C)=NS(=O)(=O)c2ccccc2)cc1. The van der Waals surface area contributed by atoms with Crippen LogP contribution in [0.1, 0.15) is 25.0 Å². The van der Waals surface area contributed by atoms with Gasteiger partial charge >= 0.3 is 0 Å². The van der Waals surface area contributed by atoms with Crippen LogP contribution in [-0.4, -0.2) is 14.1 Å². The maximum absolute atomic E-state index is 12.2. The molecule has 0 aromatic heterocycles. The van der Waals surface area contributed by atoms with Gasteiger partial charge in [-0.2, -0.15) is 12.8 Å². The Morgan fingerprint density at radius 2 is 1.60 bits per heavy atom. The summed E-state index contributed by atoms with van der Waals surface area (Å²) in [7, 11) is -3.64. The van der Waals surface area contributed by atoms with Gasteiger partial charge in [0, 0.05) is 0 Å². The zero-order chi connectivity index (χ0) is 14.6. The molecule has 0 unspecified atom stereocenters. The molecule has 3 nitrogen and oxygen atoms in total. The highest BCUT2D eigenvalue weighted by Crippen LogP contribution is 2.14. The van der Waals surface area contributed by atoms with Gasteiger partial charge in [-0.15, -0.1) is 0 Å². The van der Waals surface area contributed by atoms with Crippen molar-refractivity contribution in [3.63, 3.8) is 0 Å². The molecule has 20 heavy (non-hydrogen) atoms. The molecule has 0 heterocycles. The molecule has 0 N–H and O–H groups in total. The molecule has 0 aliphatic rings. The minimum atomic E-state index is -3.64. The standard InChI is InChI=1S/C16H17NO2S/c1-3-14-9-11-15(12-10-14)13(2)17-20(18,19)16-7-5-4-6-8-16/h4-12H,3H2,1-2H3. The summed E-state index contributed by atoms with van der Waals surface area (Å²) in [5, 5.41) is 0. The number of hydrogen-bond acceptors (Lipinski definition) is 2. The maximum Gasteiger partial charge on any atom is 0.282 e. The van der Waals surface area contributed by atoms with Crippen LogP contribution in [0, 0.1) is 0 Å². The molecule has 0 saturated carbocycles. The number of sulfonamides is 1. The molecule has 2 aromatic carbocycles. The van der Waals surface area contributed by atoms with E-state index in [4.69, 9.17) is 0 Å². The smallest absolute Gasteiger partial charge is 0.199 e. The van der Waals surface area contributed by atoms with Crippen LogP contribution < -0.4 is 0 Å². The molecule has 0 aliphatic carbocycles. The monoisotopic (exact) mass is 287 g/mol. The fraction of sp³-hybridized carbons (Fsp3) is 0.188. The van der Waals surface area contributed by atoms with Crippen LogP contribution in [0.2, 0.25) is 0 Å².